The largest absolute Gasteiger partial charge is 0.355 e. The minimum absolute atomic E-state index is 0.0172. The highest BCUT2D eigenvalue weighted by atomic mass is 16.5. The van der Waals surface area contributed by atoms with Crippen LogP contribution < -0.4 is 5.32 Å². The Balaban J connectivity index is 1.45. The summed E-state index contributed by atoms with van der Waals surface area (Å²) in [5.41, 5.74) is 0.801. The van der Waals surface area contributed by atoms with Crippen molar-refractivity contribution in [3.05, 3.63) is 30.4 Å². The molecule has 2 aromatic rings. The number of carbonyl (C=O) groups is 1. The topological polar surface area (TPSA) is 84.2 Å². The molecule has 0 radical (unpaired) electrons. The molecule has 2 heterocycles. The van der Waals surface area contributed by atoms with E-state index >= 15 is 0 Å². The zero-order valence-electron chi connectivity index (χ0n) is 14.1. The molecular formula is C17H23N5O2. The van der Waals surface area contributed by atoms with Crippen LogP contribution in [0.25, 0.3) is 11.4 Å². The molecule has 3 rings (SSSR count). The highest BCUT2D eigenvalue weighted by molar-refractivity contribution is 5.76. The lowest BCUT2D eigenvalue weighted by molar-refractivity contribution is -0.121. The van der Waals surface area contributed by atoms with Gasteiger partial charge in [0.15, 0.2) is 0 Å². The Morgan fingerprint density at radius 1 is 1.46 bits per heavy atom. The molecule has 0 saturated heterocycles. The van der Waals surface area contributed by atoms with Gasteiger partial charge in [-0.25, -0.2) is 0 Å². The van der Waals surface area contributed by atoms with E-state index in [0.717, 1.165) is 11.5 Å². The van der Waals surface area contributed by atoms with Crippen LogP contribution in [0.1, 0.15) is 25.2 Å². The van der Waals surface area contributed by atoms with Gasteiger partial charge < -0.3 is 14.7 Å². The van der Waals surface area contributed by atoms with Gasteiger partial charge in [0.1, 0.15) is 0 Å². The van der Waals surface area contributed by atoms with Gasteiger partial charge in [-0.15, -0.1) is 0 Å². The van der Waals surface area contributed by atoms with E-state index in [2.05, 4.69) is 39.4 Å². The van der Waals surface area contributed by atoms with E-state index in [-0.39, 0.29) is 5.91 Å². The van der Waals surface area contributed by atoms with E-state index in [1.807, 2.05) is 12.1 Å². The lowest BCUT2D eigenvalue weighted by Crippen LogP contribution is -2.41. The summed E-state index contributed by atoms with van der Waals surface area (Å²) in [7, 11) is 4.13. The standard InChI is InChI=1S/C17H23N5O2/c1-22(2)14(12-5-6-12)11-19-15(23)7-8-16-20-17(21-24-16)13-4-3-9-18-10-13/h3-4,9-10,12,14H,5-8,11H2,1-2H3,(H,19,23). The number of hydrogen-bond acceptors (Lipinski definition) is 6. The second kappa shape index (κ2) is 7.53. The average molecular weight is 329 g/mol. The quantitative estimate of drug-likeness (QED) is 0.790. The minimum atomic E-state index is 0.0172. The van der Waals surface area contributed by atoms with E-state index in [0.29, 0.717) is 37.1 Å². The maximum absolute atomic E-state index is 12.0. The van der Waals surface area contributed by atoms with E-state index in [4.69, 9.17) is 4.52 Å². The van der Waals surface area contributed by atoms with Crippen LogP contribution in [0.2, 0.25) is 0 Å². The first-order chi connectivity index (χ1) is 11.6. The molecule has 24 heavy (non-hydrogen) atoms. The monoisotopic (exact) mass is 329 g/mol. The molecule has 1 atom stereocenters. The number of nitrogens with one attached hydrogen (secondary N) is 1. The third-order valence-corrected chi connectivity index (χ3v) is 4.29. The molecule has 1 fully saturated rings. The molecule has 128 valence electrons. The van der Waals surface area contributed by atoms with Gasteiger partial charge in [0.05, 0.1) is 0 Å². The van der Waals surface area contributed by atoms with Gasteiger partial charge in [0.2, 0.25) is 17.6 Å². The second-order valence-corrected chi connectivity index (χ2v) is 6.43. The number of aromatic nitrogens is 3. The lowest BCUT2D eigenvalue weighted by atomic mass is 10.1. The molecule has 1 amide bonds. The van der Waals surface area contributed by atoms with Crippen LogP contribution in [-0.2, 0) is 11.2 Å². The first-order valence-corrected chi connectivity index (χ1v) is 8.29. The first-order valence-electron chi connectivity index (χ1n) is 8.29. The first kappa shape index (κ1) is 16.6. The summed E-state index contributed by atoms with van der Waals surface area (Å²) >= 11 is 0. The summed E-state index contributed by atoms with van der Waals surface area (Å²) in [5, 5.41) is 6.94. The SMILES string of the molecule is CN(C)C(CNC(=O)CCc1nc(-c2cccnc2)no1)C1CC1. The van der Waals surface area contributed by atoms with Crippen molar-refractivity contribution in [1.82, 2.24) is 25.3 Å². The second-order valence-electron chi connectivity index (χ2n) is 6.43. The van der Waals surface area contributed by atoms with Gasteiger partial charge in [0.25, 0.3) is 0 Å². The molecule has 7 nitrogen and oxygen atoms in total. The molecule has 2 aromatic heterocycles. The Kier molecular flexibility index (Phi) is 5.20. The summed E-state index contributed by atoms with van der Waals surface area (Å²) in [6.45, 7) is 0.696. The Hall–Kier alpha value is -2.28. The normalized spacial score (nSPS) is 15.5. The fourth-order valence-electron chi connectivity index (χ4n) is 2.75. The van der Waals surface area contributed by atoms with Gasteiger partial charge in [-0.3, -0.25) is 9.78 Å². The number of hydrogen-bond donors (Lipinski definition) is 1. The lowest BCUT2D eigenvalue weighted by Gasteiger charge is -2.24. The number of pyridine rings is 1. The molecule has 7 heteroatoms. The third-order valence-electron chi connectivity index (χ3n) is 4.29. The molecule has 1 N–H and O–H groups in total. The number of likely N-dealkylation sites (N-methyl/N-ethyl adjacent to an activating group) is 1. The number of carbonyl (C=O) groups excluding carboxylic acids is 1. The molecular weight excluding hydrogens is 306 g/mol. The smallest absolute Gasteiger partial charge is 0.227 e. The maximum Gasteiger partial charge on any atom is 0.227 e. The van der Waals surface area contributed by atoms with E-state index in [1.165, 1.54) is 12.8 Å². The fraction of sp³-hybridized carbons (Fsp3) is 0.529. The fourth-order valence-corrected chi connectivity index (χ4v) is 2.75. The van der Waals surface area contributed by atoms with E-state index in [9.17, 15) is 4.79 Å². The van der Waals surface area contributed by atoms with Crippen molar-refractivity contribution in [3.63, 3.8) is 0 Å². The molecule has 0 bridgehead atoms. The predicted molar refractivity (Wildman–Crippen MR) is 89.1 cm³/mol. The molecule has 1 aliphatic carbocycles. The summed E-state index contributed by atoms with van der Waals surface area (Å²) in [6.07, 6.45) is 6.68. The highest BCUT2D eigenvalue weighted by Crippen LogP contribution is 2.34. The van der Waals surface area contributed by atoms with Crippen LogP contribution in [0, 0.1) is 5.92 Å². The van der Waals surface area contributed by atoms with Crippen molar-refractivity contribution < 1.29 is 9.32 Å². The Morgan fingerprint density at radius 3 is 2.96 bits per heavy atom. The van der Waals surface area contributed by atoms with Crippen molar-refractivity contribution in [2.24, 2.45) is 5.92 Å². The molecule has 1 saturated carbocycles. The van der Waals surface area contributed by atoms with Crippen LogP contribution in [-0.4, -0.2) is 52.6 Å². The van der Waals surface area contributed by atoms with Gasteiger partial charge in [-0.1, -0.05) is 5.16 Å². The minimum Gasteiger partial charge on any atom is -0.355 e. The average Bonchev–Trinajstić information content (AvgIpc) is 3.30. The molecule has 0 aliphatic heterocycles. The van der Waals surface area contributed by atoms with Gasteiger partial charge in [-0.05, 0) is 45.0 Å². The van der Waals surface area contributed by atoms with Crippen molar-refractivity contribution in [3.8, 4) is 11.4 Å². The number of amides is 1. The van der Waals surface area contributed by atoms with Crippen molar-refractivity contribution in [2.75, 3.05) is 20.6 Å². The van der Waals surface area contributed by atoms with Gasteiger partial charge in [0, 0.05) is 43.4 Å². The van der Waals surface area contributed by atoms with E-state index < -0.39 is 0 Å². The number of rotatable bonds is 8. The zero-order chi connectivity index (χ0) is 16.9. The van der Waals surface area contributed by atoms with Gasteiger partial charge in [-0.2, -0.15) is 4.98 Å². The van der Waals surface area contributed by atoms with Crippen LogP contribution in [0.5, 0.6) is 0 Å². The molecule has 0 aromatic carbocycles. The van der Waals surface area contributed by atoms with Crippen molar-refractivity contribution in [1.29, 1.82) is 0 Å². The number of aryl methyl sites for hydroxylation is 1. The molecule has 1 unspecified atom stereocenters. The third kappa shape index (κ3) is 4.38. The highest BCUT2D eigenvalue weighted by Gasteiger charge is 2.32. The summed E-state index contributed by atoms with van der Waals surface area (Å²) in [6, 6.07) is 4.11. The van der Waals surface area contributed by atoms with Crippen LogP contribution >= 0.6 is 0 Å². The number of nitrogens with zero attached hydrogens (tertiary/aromatic N) is 4. The predicted octanol–water partition coefficient (Wildman–Crippen LogP) is 1.52. The van der Waals surface area contributed by atoms with E-state index in [1.54, 1.807) is 12.4 Å². The van der Waals surface area contributed by atoms with Crippen LogP contribution in [0.4, 0.5) is 0 Å². The Morgan fingerprint density at radius 2 is 2.29 bits per heavy atom. The van der Waals surface area contributed by atoms with Crippen LogP contribution in [0.15, 0.2) is 29.0 Å². The summed E-state index contributed by atoms with van der Waals surface area (Å²) in [4.78, 5) is 22.6. The van der Waals surface area contributed by atoms with Crippen LogP contribution in [0.3, 0.4) is 0 Å². The zero-order valence-corrected chi connectivity index (χ0v) is 14.1. The Labute approximate surface area is 141 Å². The maximum atomic E-state index is 12.0. The summed E-state index contributed by atoms with van der Waals surface area (Å²) in [5.74, 6) is 1.71. The Bertz CT molecular complexity index is 665. The van der Waals surface area contributed by atoms with Crippen molar-refractivity contribution in [2.45, 2.75) is 31.7 Å². The molecule has 0 spiro atoms. The summed E-state index contributed by atoms with van der Waals surface area (Å²) < 4.78 is 5.20. The molecule has 1 aliphatic rings. The van der Waals surface area contributed by atoms with Crippen molar-refractivity contribution >= 4 is 5.91 Å². The van der Waals surface area contributed by atoms with Gasteiger partial charge >= 0.3 is 0 Å².